The Morgan fingerprint density at radius 3 is 1.09 bits per heavy atom. The van der Waals surface area contributed by atoms with E-state index in [-0.39, 0.29) is 0 Å². The zero-order valence-electron chi connectivity index (χ0n) is 31.1. The van der Waals surface area contributed by atoms with Crippen molar-refractivity contribution in [3.05, 3.63) is 199 Å². The quantitative estimate of drug-likeness (QED) is 0.156. The van der Waals surface area contributed by atoms with Gasteiger partial charge in [0.2, 0.25) is 0 Å². The van der Waals surface area contributed by atoms with Gasteiger partial charge in [0.1, 0.15) is 0 Å². The van der Waals surface area contributed by atoms with Gasteiger partial charge in [-0.1, -0.05) is 176 Å². The van der Waals surface area contributed by atoms with E-state index >= 15 is 0 Å². The topological polar surface area (TPSA) is 64.5 Å². The number of nitrogens with zero attached hydrogens (tertiary/aromatic N) is 5. The fourth-order valence-corrected chi connectivity index (χ4v) is 7.10. The van der Waals surface area contributed by atoms with Crippen LogP contribution in [0.25, 0.3) is 90.1 Å². The molecule has 6 aromatic carbocycles. The Balaban J connectivity index is 1.19. The fraction of sp³-hybridized carbons (Fsp3) is 0.0392. The first-order valence-corrected chi connectivity index (χ1v) is 18.8. The van der Waals surface area contributed by atoms with Crippen molar-refractivity contribution in [3.8, 4) is 90.1 Å². The summed E-state index contributed by atoms with van der Waals surface area (Å²) in [6.07, 6.45) is 0. The molecule has 0 amide bonds. The van der Waals surface area contributed by atoms with E-state index in [1.165, 1.54) is 0 Å². The third-order valence-electron chi connectivity index (χ3n) is 9.97. The van der Waals surface area contributed by atoms with E-state index in [4.69, 9.17) is 24.9 Å². The van der Waals surface area contributed by atoms with Crippen molar-refractivity contribution in [2.24, 2.45) is 0 Å². The molecule has 9 aromatic rings. The molecule has 266 valence electrons. The summed E-state index contributed by atoms with van der Waals surface area (Å²) >= 11 is 0. The summed E-state index contributed by atoms with van der Waals surface area (Å²) in [6, 6.07) is 64.4. The van der Waals surface area contributed by atoms with Crippen molar-refractivity contribution in [3.63, 3.8) is 0 Å². The Labute approximate surface area is 327 Å². The van der Waals surface area contributed by atoms with Gasteiger partial charge >= 0.3 is 0 Å². The minimum absolute atomic E-state index is 0.684. The van der Waals surface area contributed by atoms with Gasteiger partial charge in [0, 0.05) is 55.9 Å². The van der Waals surface area contributed by atoms with E-state index in [9.17, 15) is 0 Å². The van der Waals surface area contributed by atoms with Gasteiger partial charge in [0.25, 0.3) is 0 Å². The molecule has 0 bridgehead atoms. The van der Waals surface area contributed by atoms with Crippen molar-refractivity contribution in [2.75, 3.05) is 0 Å². The molecular formula is C51H37N5. The lowest BCUT2D eigenvalue weighted by Crippen LogP contribution is -2.01. The van der Waals surface area contributed by atoms with Crippen LogP contribution < -0.4 is 0 Å². The lowest BCUT2D eigenvalue weighted by molar-refractivity contribution is 1.13. The van der Waals surface area contributed by atoms with Crippen LogP contribution in [-0.4, -0.2) is 24.9 Å². The van der Waals surface area contributed by atoms with Gasteiger partial charge < -0.3 is 0 Å². The first-order valence-electron chi connectivity index (χ1n) is 18.8. The number of benzene rings is 6. The number of hydrogen-bond donors (Lipinski definition) is 0. The molecule has 0 spiro atoms. The summed E-state index contributed by atoms with van der Waals surface area (Å²) in [4.78, 5) is 25.7. The summed E-state index contributed by atoms with van der Waals surface area (Å²) in [7, 11) is 0. The average Bonchev–Trinajstić information content (AvgIpc) is 3.27. The molecule has 56 heavy (non-hydrogen) atoms. The normalized spacial score (nSPS) is 11.0. The van der Waals surface area contributed by atoms with Crippen LogP contribution in [0.1, 0.15) is 11.4 Å². The summed E-state index contributed by atoms with van der Waals surface area (Å²) in [6.45, 7) is 4.08. The van der Waals surface area contributed by atoms with E-state index in [1.807, 2.05) is 91.9 Å². The van der Waals surface area contributed by atoms with Crippen molar-refractivity contribution in [1.82, 2.24) is 24.9 Å². The summed E-state index contributed by atoms with van der Waals surface area (Å²) < 4.78 is 0. The Kier molecular flexibility index (Phi) is 9.32. The van der Waals surface area contributed by atoms with Crippen LogP contribution in [0.15, 0.2) is 188 Å². The maximum absolute atomic E-state index is 5.48. The van der Waals surface area contributed by atoms with E-state index < -0.39 is 0 Å². The van der Waals surface area contributed by atoms with E-state index in [2.05, 4.69) is 110 Å². The molecule has 0 aliphatic rings. The van der Waals surface area contributed by atoms with Crippen LogP contribution in [0, 0.1) is 13.8 Å². The van der Waals surface area contributed by atoms with Gasteiger partial charge in [-0.05, 0) is 31.5 Å². The van der Waals surface area contributed by atoms with Crippen LogP contribution in [0.3, 0.4) is 0 Å². The molecule has 3 heterocycles. The van der Waals surface area contributed by atoms with E-state index in [0.29, 0.717) is 5.82 Å². The van der Waals surface area contributed by atoms with Gasteiger partial charge in [-0.3, -0.25) is 4.98 Å². The van der Waals surface area contributed by atoms with Crippen molar-refractivity contribution >= 4 is 0 Å². The summed E-state index contributed by atoms with van der Waals surface area (Å²) in [5.74, 6) is 0.684. The lowest BCUT2D eigenvalue weighted by atomic mass is 9.97. The maximum atomic E-state index is 5.48. The molecule has 0 fully saturated rings. The smallest absolute Gasteiger partial charge is 0.160 e. The van der Waals surface area contributed by atoms with Gasteiger partial charge in [-0.15, -0.1) is 0 Å². The highest BCUT2D eigenvalue weighted by molar-refractivity contribution is 5.87. The summed E-state index contributed by atoms with van der Waals surface area (Å²) in [5, 5.41) is 0. The van der Waals surface area contributed by atoms with Crippen molar-refractivity contribution in [1.29, 1.82) is 0 Å². The molecule has 0 radical (unpaired) electrons. The fourth-order valence-electron chi connectivity index (χ4n) is 7.10. The van der Waals surface area contributed by atoms with Gasteiger partial charge in [0.15, 0.2) is 5.82 Å². The van der Waals surface area contributed by atoms with Crippen molar-refractivity contribution in [2.45, 2.75) is 13.8 Å². The Morgan fingerprint density at radius 1 is 0.286 bits per heavy atom. The van der Waals surface area contributed by atoms with Crippen molar-refractivity contribution < 1.29 is 0 Å². The molecule has 5 heteroatoms. The molecule has 0 unspecified atom stereocenters. The molecule has 9 rings (SSSR count). The predicted octanol–water partition coefficient (Wildman–Crippen LogP) is 12.6. The minimum Gasteiger partial charge on any atom is -0.258 e. The zero-order chi connectivity index (χ0) is 37.8. The largest absolute Gasteiger partial charge is 0.258 e. The summed E-state index contributed by atoms with van der Waals surface area (Å²) in [5.41, 5.74) is 16.1. The van der Waals surface area contributed by atoms with Gasteiger partial charge in [0.05, 0.1) is 34.2 Å². The molecule has 5 nitrogen and oxygen atoms in total. The third kappa shape index (κ3) is 7.02. The highest BCUT2D eigenvalue weighted by atomic mass is 14.9. The third-order valence-corrected chi connectivity index (χ3v) is 9.97. The molecule has 3 aromatic heterocycles. The molecule has 0 aliphatic heterocycles. The van der Waals surface area contributed by atoms with Crippen LogP contribution >= 0.6 is 0 Å². The minimum atomic E-state index is 0.684. The lowest BCUT2D eigenvalue weighted by Gasteiger charge is -2.17. The Hall–Kier alpha value is -7.37. The maximum Gasteiger partial charge on any atom is 0.160 e. The van der Waals surface area contributed by atoms with Gasteiger partial charge in [-0.25, -0.2) is 19.9 Å². The van der Waals surface area contributed by atoms with E-state index in [1.54, 1.807) is 0 Å². The number of aromatic nitrogens is 5. The number of pyridine rings is 1. The average molecular weight is 720 g/mol. The van der Waals surface area contributed by atoms with Crippen LogP contribution in [0.4, 0.5) is 0 Å². The first kappa shape index (κ1) is 34.4. The second kappa shape index (κ2) is 15.2. The van der Waals surface area contributed by atoms with Gasteiger partial charge in [-0.2, -0.15) is 0 Å². The zero-order valence-corrected chi connectivity index (χ0v) is 31.1. The molecule has 0 saturated carbocycles. The standard InChI is InChI=1S/C51H37N5/c1-34-23-32-44(35(2)52-34)36-24-28-41(29-25-36)49-50(56-48(40-19-11-5-12-20-40)47(55-49)39-17-9-4-10-18-39)42-30-26-38(27-31-42)46-33-45(37-15-7-3-8-16-37)53-51(54-46)43-21-13-6-14-22-43/h3-33H,1-2H3. The SMILES string of the molecule is Cc1ccc(-c2ccc(-c3nc(-c4ccccc4)c(-c4ccccc4)nc3-c3ccc(-c4cc(-c5ccccc5)nc(-c5ccccc5)n4)cc3)cc2)c(C)n1. The highest BCUT2D eigenvalue weighted by Crippen LogP contribution is 2.39. The molecule has 0 aliphatic carbocycles. The molecule has 0 saturated heterocycles. The predicted molar refractivity (Wildman–Crippen MR) is 228 cm³/mol. The Morgan fingerprint density at radius 2 is 0.643 bits per heavy atom. The highest BCUT2D eigenvalue weighted by Gasteiger charge is 2.20. The Bertz CT molecular complexity index is 2710. The second-order valence-electron chi connectivity index (χ2n) is 13.8. The van der Waals surface area contributed by atoms with Crippen LogP contribution in [0.2, 0.25) is 0 Å². The number of aryl methyl sites for hydroxylation is 2. The first-order chi connectivity index (χ1) is 27.6. The molecule has 0 atom stereocenters. The molecular weight excluding hydrogens is 683 g/mol. The monoisotopic (exact) mass is 719 g/mol. The van der Waals surface area contributed by atoms with Crippen LogP contribution in [-0.2, 0) is 0 Å². The number of rotatable bonds is 8. The second-order valence-corrected chi connectivity index (χ2v) is 13.8. The van der Waals surface area contributed by atoms with Crippen LogP contribution in [0.5, 0.6) is 0 Å². The van der Waals surface area contributed by atoms with E-state index in [0.717, 1.165) is 95.6 Å². The molecule has 0 N–H and O–H groups in total. The number of hydrogen-bond acceptors (Lipinski definition) is 5.